The van der Waals surface area contributed by atoms with E-state index in [0.717, 1.165) is 21.5 Å². The Hall–Kier alpha value is -1.49. The molecule has 2 rings (SSSR count). The Morgan fingerprint density at radius 2 is 2.12 bits per heavy atom. The number of halogens is 1. The van der Waals surface area contributed by atoms with Gasteiger partial charge in [0.1, 0.15) is 11.5 Å². The van der Waals surface area contributed by atoms with E-state index in [1.54, 1.807) is 12.4 Å². The number of anilines is 1. The molecule has 0 aromatic carbocycles. The van der Waals surface area contributed by atoms with Gasteiger partial charge in [0.05, 0.1) is 4.47 Å². The molecule has 0 radical (unpaired) electrons. The smallest absolute Gasteiger partial charge is 0.180 e. The van der Waals surface area contributed by atoms with Crippen molar-refractivity contribution in [1.29, 1.82) is 0 Å². The molecule has 0 amide bonds. The van der Waals surface area contributed by atoms with Crippen LogP contribution in [0.15, 0.2) is 29.0 Å². The molecule has 4 nitrogen and oxygen atoms in total. The highest BCUT2D eigenvalue weighted by Gasteiger charge is 2.06. The van der Waals surface area contributed by atoms with E-state index in [9.17, 15) is 0 Å². The van der Waals surface area contributed by atoms with Crippen LogP contribution in [0, 0.1) is 6.92 Å². The minimum atomic E-state index is 0.622. The van der Waals surface area contributed by atoms with Crippen LogP contribution < -0.4 is 5.32 Å². The first-order chi connectivity index (χ1) is 7.70. The van der Waals surface area contributed by atoms with Crippen LogP contribution in [-0.2, 0) is 0 Å². The quantitative estimate of drug-likeness (QED) is 0.918. The van der Waals surface area contributed by atoms with E-state index in [2.05, 4.69) is 36.2 Å². The molecule has 0 spiro atoms. The van der Waals surface area contributed by atoms with Gasteiger partial charge in [-0.1, -0.05) is 0 Å². The summed E-state index contributed by atoms with van der Waals surface area (Å²) in [6, 6.07) is 3.91. The van der Waals surface area contributed by atoms with Crippen molar-refractivity contribution in [3.05, 3.63) is 34.6 Å². The third-order valence-corrected chi connectivity index (χ3v) is 2.71. The van der Waals surface area contributed by atoms with Gasteiger partial charge in [-0.3, -0.25) is 4.98 Å². The third kappa shape index (κ3) is 2.19. The predicted molar refractivity (Wildman–Crippen MR) is 67.2 cm³/mol. The van der Waals surface area contributed by atoms with Crippen molar-refractivity contribution >= 4 is 21.7 Å². The first-order valence-corrected chi connectivity index (χ1v) is 5.63. The van der Waals surface area contributed by atoms with E-state index < -0.39 is 0 Å². The van der Waals surface area contributed by atoms with Gasteiger partial charge in [-0.25, -0.2) is 9.97 Å². The van der Waals surface area contributed by atoms with Gasteiger partial charge in [-0.05, 0) is 40.5 Å². The summed E-state index contributed by atoms with van der Waals surface area (Å²) in [7, 11) is 1.82. The van der Waals surface area contributed by atoms with Crippen LogP contribution in [0.4, 0.5) is 5.82 Å². The average Bonchev–Trinajstić information content (AvgIpc) is 2.29. The number of rotatable bonds is 2. The number of hydrogen-bond acceptors (Lipinski definition) is 4. The molecule has 2 aromatic rings. The molecule has 0 aliphatic heterocycles. The van der Waals surface area contributed by atoms with Crippen LogP contribution in [0.25, 0.3) is 11.5 Å². The molecule has 0 bridgehead atoms. The molecule has 2 aromatic heterocycles. The minimum Gasteiger partial charge on any atom is -0.372 e. The van der Waals surface area contributed by atoms with Gasteiger partial charge in [0.15, 0.2) is 5.82 Å². The predicted octanol–water partition coefficient (Wildman–Crippen LogP) is 2.65. The standard InChI is InChI=1S/C11H11BrN4/c1-7-3-4-14-9(5-7)11-15-6-8(12)10(13-2)16-11/h3-6H,1-2H3,(H,13,15,16). The lowest BCUT2D eigenvalue weighted by atomic mass is 10.2. The maximum atomic E-state index is 4.37. The van der Waals surface area contributed by atoms with Crippen molar-refractivity contribution in [1.82, 2.24) is 15.0 Å². The maximum Gasteiger partial charge on any atom is 0.180 e. The zero-order valence-corrected chi connectivity index (χ0v) is 10.6. The Morgan fingerprint density at radius 1 is 1.31 bits per heavy atom. The average molecular weight is 279 g/mol. The molecule has 0 aliphatic carbocycles. The van der Waals surface area contributed by atoms with E-state index in [1.807, 2.05) is 26.1 Å². The molecule has 0 saturated heterocycles. The largest absolute Gasteiger partial charge is 0.372 e. The summed E-state index contributed by atoms with van der Waals surface area (Å²) in [6.45, 7) is 2.02. The van der Waals surface area contributed by atoms with Crippen LogP contribution in [0.3, 0.4) is 0 Å². The molecule has 0 aliphatic rings. The first-order valence-electron chi connectivity index (χ1n) is 4.84. The highest BCUT2D eigenvalue weighted by molar-refractivity contribution is 9.10. The van der Waals surface area contributed by atoms with Crippen molar-refractivity contribution in [3.63, 3.8) is 0 Å². The highest BCUT2D eigenvalue weighted by atomic mass is 79.9. The van der Waals surface area contributed by atoms with Gasteiger partial charge < -0.3 is 5.32 Å². The topological polar surface area (TPSA) is 50.7 Å². The fraction of sp³-hybridized carbons (Fsp3) is 0.182. The number of aryl methyl sites for hydroxylation is 1. The molecule has 1 N–H and O–H groups in total. The molecule has 16 heavy (non-hydrogen) atoms. The van der Waals surface area contributed by atoms with E-state index in [1.165, 1.54) is 0 Å². The lowest BCUT2D eigenvalue weighted by Crippen LogP contribution is -1.98. The molecule has 82 valence electrons. The Labute approximate surface area is 102 Å². The first kappa shape index (κ1) is 11.0. The second kappa shape index (κ2) is 4.57. The number of nitrogens with zero attached hydrogens (tertiary/aromatic N) is 3. The molecule has 2 heterocycles. The summed E-state index contributed by atoms with van der Waals surface area (Å²) >= 11 is 3.37. The Bertz CT molecular complexity index is 513. The van der Waals surface area contributed by atoms with Gasteiger partial charge in [0.25, 0.3) is 0 Å². The lowest BCUT2D eigenvalue weighted by Gasteiger charge is -2.05. The normalized spacial score (nSPS) is 10.2. The summed E-state index contributed by atoms with van der Waals surface area (Å²) in [4.78, 5) is 12.9. The van der Waals surface area contributed by atoms with Crippen molar-refractivity contribution in [2.75, 3.05) is 12.4 Å². The summed E-state index contributed by atoms with van der Waals surface area (Å²) in [5.74, 6) is 1.38. The van der Waals surface area contributed by atoms with Gasteiger partial charge in [-0.2, -0.15) is 0 Å². The number of nitrogens with one attached hydrogen (secondary N) is 1. The molecule has 0 atom stereocenters. The zero-order valence-electron chi connectivity index (χ0n) is 9.03. The van der Waals surface area contributed by atoms with Crippen LogP contribution in [0.1, 0.15) is 5.56 Å². The Balaban J connectivity index is 2.48. The van der Waals surface area contributed by atoms with Crippen molar-refractivity contribution in [2.24, 2.45) is 0 Å². The van der Waals surface area contributed by atoms with Gasteiger partial charge in [0.2, 0.25) is 0 Å². The third-order valence-electron chi connectivity index (χ3n) is 2.13. The summed E-state index contributed by atoms with van der Waals surface area (Å²) < 4.78 is 0.839. The van der Waals surface area contributed by atoms with E-state index >= 15 is 0 Å². The van der Waals surface area contributed by atoms with E-state index in [0.29, 0.717) is 5.82 Å². The molecule has 0 saturated carbocycles. The van der Waals surface area contributed by atoms with Gasteiger partial charge in [-0.15, -0.1) is 0 Å². The number of pyridine rings is 1. The number of aromatic nitrogens is 3. The van der Waals surface area contributed by atoms with Gasteiger partial charge in [0, 0.05) is 19.4 Å². The Morgan fingerprint density at radius 3 is 2.81 bits per heavy atom. The SMILES string of the molecule is CNc1nc(-c2cc(C)ccn2)ncc1Br. The minimum absolute atomic E-state index is 0.622. The monoisotopic (exact) mass is 278 g/mol. The second-order valence-electron chi connectivity index (χ2n) is 3.36. The highest BCUT2D eigenvalue weighted by Crippen LogP contribution is 2.21. The van der Waals surface area contributed by atoms with Crippen molar-refractivity contribution in [2.45, 2.75) is 6.92 Å². The van der Waals surface area contributed by atoms with Crippen molar-refractivity contribution in [3.8, 4) is 11.5 Å². The van der Waals surface area contributed by atoms with Crippen LogP contribution in [0.5, 0.6) is 0 Å². The summed E-state index contributed by atoms with van der Waals surface area (Å²) in [6.07, 6.45) is 3.48. The molecule has 0 fully saturated rings. The fourth-order valence-electron chi connectivity index (χ4n) is 1.32. The van der Waals surface area contributed by atoms with Crippen LogP contribution >= 0.6 is 15.9 Å². The molecular weight excluding hydrogens is 268 g/mol. The van der Waals surface area contributed by atoms with Gasteiger partial charge >= 0.3 is 0 Å². The Kier molecular flexibility index (Phi) is 3.14. The molecule has 0 unspecified atom stereocenters. The van der Waals surface area contributed by atoms with Crippen LogP contribution in [0.2, 0.25) is 0 Å². The summed E-state index contributed by atoms with van der Waals surface area (Å²) in [5, 5.41) is 2.99. The van der Waals surface area contributed by atoms with E-state index in [-0.39, 0.29) is 0 Å². The van der Waals surface area contributed by atoms with Crippen LogP contribution in [-0.4, -0.2) is 22.0 Å². The molecule has 5 heteroatoms. The maximum absolute atomic E-state index is 4.37. The second-order valence-corrected chi connectivity index (χ2v) is 4.21. The van der Waals surface area contributed by atoms with E-state index in [4.69, 9.17) is 0 Å². The fourth-order valence-corrected chi connectivity index (χ4v) is 1.71. The number of hydrogen-bond donors (Lipinski definition) is 1. The molecular formula is C11H11BrN4. The zero-order chi connectivity index (χ0) is 11.5. The van der Waals surface area contributed by atoms with Crippen molar-refractivity contribution < 1.29 is 0 Å². The summed E-state index contributed by atoms with van der Waals surface area (Å²) in [5.41, 5.74) is 1.92. The lowest BCUT2D eigenvalue weighted by molar-refractivity contribution is 1.12.